The Kier molecular flexibility index (Phi) is 5.82. The van der Waals surface area contributed by atoms with E-state index in [4.69, 9.17) is 4.74 Å². The largest absolute Gasteiger partial charge is 0.495 e. The summed E-state index contributed by atoms with van der Waals surface area (Å²) in [5.74, 6) is 0.642. The maximum absolute atomic E-state index is 12.8. The van der Waals surface area contributed by atoms with Crippen LogP contribution >= 0.6 is 0 Å². The Morgan fingerprint density at radius 3 is 2.31 bits per heavy atom. The summed E-state index contributed by atoms with van der Waals surface area (Å²) in [4.78, 5) is 21.7. The second kappa shape index (κ2) is 8.31. The predicted molar refractivity (Wildman–Crippen MR) is 116 cm³/mol. The molecule has 6 nitrogen and oxygen atoms in total. The molecule has 0 spiro atoms. The molecule has 1 aromatic heterocycles. The molecule has 3 rings (SSSR count). The van der Waals surface area contributed by atoms with Gasteiger partial charge in [-0.3, -0.25) is 4.79 Å². The summed E-state index contributed by atoms with van der Waals surface area (Å²) in [6.45, 7) is 8.28. The third-order valence-electron chi connectivity index (χ3n) is 4.42. The molecule has 0 atom stereocenters. The van der Waals surface area contributed by atoms with Crippen molar-refractivity contribution in [2.24, 2.45) is 0 Å². The molecule has 0 aliphatic heterocycles. The number of hydrogen-bond donors (Lipinski definition) is 2. The van der Waals surface area contributed by atoms with Gasteiger partial charge in [-0.25, -0.2) is 9.97 Å². The van der Waals surface area contributed by atoms with Gasteiger partial charge in [-0.15, -0.1) is 0 Å². The van der Waals surface area contributed by atoms with Crippen molar-refractivity contribution in [1.82, 2.24) is 9.97 Å². The van der Waals surface area contributed by atoms with E-state index >= 15 is 0 Å². The van der Waals surface area contributed by atoms with Gasteiger partial charge in [0, 0.05) is 11.4 Å². The lowest BCUT2D eigenvalue weighted by Gasteiger charge is -2.23. The third kappa shape index (κ3) is 4.90. The first kappa shape index (κ1) is 20.3. The predicted octanol–water partition coefficient (Wildman–Crippen LogP) is 5.09. The number of aryl methyl sites for hydroxylation is 1. The zero-order valence-corrected chi connectivity index (χ0v) is 17.4. The Balaban J connectivity index is 1.88. The van der Waals surface area contributed by atoms with Crippen LogP contribution in [-0.4, -0.2) is 23.0 Å². The highest BCUT2D eigenvalue weighted by molar-refractivity contribution is 6.03. The second-order valence-corrected chi connectivity index (χ2v) is 7.79. The molecule has 0 radical (unpaired) electrons. The summed E-state index contributed by atoms with van der Waals surface area (Å²) >= 11 is 0. The Labute approximate surface area is 171 Å². The van der Waals surface area contributed by atoms with Crippen LogP contribution in [0.25, 0.3) is 0 Å². The van der Waals surface area contributed by atoms with Crippen LogP contribution in [0.5, 0.6) is 5.75 Å². The summed E-state index contributed by atoms with van der Waals surface area (Å²) in [7, 11) is 1.56. The maximum Gasteiger partial charge on any atom is 0.274 e. The lowest BCUT2D eigenvalue weighted by atomic mass is 9.86. The normalized spacial score (nSPS) is 11.1. The summed E-state index contributed by atoms with van der Waals surface area (Å²) in [6, 6.07) is 16.9. The van der Waals surface area contributed by atoms with Gasteiger partial charge in [0.15, 0.2) is 0 Å². The number of rotatable bonds is 5. The van der Waals surface area contributed by atoms with Crippen LogP contribution in [0, 0.1) is 6.92 Å². The minimum Gasteiger partial charge on any atom is -0.495 e. The van der Waals surface area contributed by atoms with E-state index in [1.54, 1.807) is 25.3 Å². The molecule has 1 amide bonds. The van der Waals surface area contributed by atoms with Crippen molar-refractivity contribution >= 4 is 23.2 Å². The monoisotopic (exact) mass is 390 g/mol. The minimum atomic E-state index is -0.327. The lowest BCUT2D eigenvalue weighted by molar-refractivity contribution is 0.102. The van der Waals surface area contributed by atoms with Gasteiger partial charge in [0.1, 0.15) is 11.4 Å². The molecule has 3 aromatic rings. The van der Waals surface area contributed by atoms with Crippen LogP contribution in [0.1, 0.15) is 42.5 Å². The van der Waals surface area contributed by atoms with Gasteiger partial charge in [0.05, 0.1) is 12.8 Å². The topological polar surface area (TPSA) is 76.1 Å². The molecule has 0 bridgehead atoms. The molecule has 0 saturated heterocycles. The fourth-order valence-corrected chi connectivity index (χ4v) is 3.04. The van der Waals surface area contributed by atoms with Crippen LogP contribution in [-0.2, 0) is 5.41 Å². The summed E-state index contributed by atoms with van der Waals surface area (Å²) in [6.07, 6.45) is 0. The van der Waals surface area contributed by atoms with Crippen LogP contribution in [0.3, 0.4) is 0 Å². The summed E-state index contributed by atoms with van der Waals surface area (Å²) in [5.41, 5.74) is 3.58. The molecule has 0 fully saturated rings. The summed E-state index contributed by atoms with van der Waals surface area (Å²) in [5, 5.41) is 6.12. The van der Waals surface area contributed by atoms with Crippen molar-refractivity contribution in [2.45, 2.75) is 33.1 Å². The molecular formula is C23H26N4O2. The van der Waals surface area contributed by atoms with E-state index in [-0.39, 0.29) is 17.0 Å². The van der Waals surface area contributed by atoms with Gasteiger partial charge in [0.2, 0.25) is 5.95 Å². The van der Waals surface area contributed by atoms with E-state index in [0.29, 0.717) is 23.1 Å². The van der Waals surface area contributed by atoms with E-state index in [1.165, 1.54) is 0 Å². The van der Waals surface area contributed by atoms with Crippen molar-refractivity contribution in [2.75, 3.05) is 17.7 Å². The van der Waals surface area contributed by atoms with E-state index in [9.17, 15) is 4.79 Å². The molecule has 2 N–H and O–H groups in total. The highest BCUT2D eigenvalue weighted by Gasteiger charge is 2.19. The van der Waals surface area contributed by atoms with E-state index in [1.807, 2.05) is 37.3 Å². The van der Waals surface area contributed by atoms with Crippen molar-refractivity contribution in [3.8, 4) is 5.75 Å². The van der Waals surface area contributed by atoms with Gasteiger partial charge >= 0.3 is 0 Å². The van der Waals surface area contributed by atoms with Crippen molar-refractivity contribution < 1.29 is 9.53 Å². The number of methoxy groups -OCH3 is 1. The highest BCUT2D eigenvalue weighted by atomic mass is 16.5. The van der Waals surface area contributed by atoms with Crippen molar-refractivity contribution in [1.29, 1.82) is 0 Å². The van der Waals surface area contributed by atoms with Gasteiger partial charge in [-0.05, 0) is 42.2 Å². The van der Waals surface area contributed by atoms with Gasteiger partial charge in [-0.2, -0.15) is 0 Å². The number of ether oxygens (including phenoxy) is 1. The molecule has 150 valence electrons. The van der Waals surface area contributed by atoms with Crippen molar-refractivity contribution in [3.05, 3.63) is 71.5 Å². The fourth-order valence-electron chi connectivity index (χ4n) is 3.04. The van der Waals surface area contributed by atoms with E-state index in [2.05, 4.69) is 47.4 Å². The molecule has 6 heteroatoms. The third-order valence-corrected chi connectivity index (χ3v) is 4.42. The van der Waals surface area contributed by atoms with Gasteiger partial charge in [-0.1, -0.05) is 51.1 Å². The zero-order chi connectivity index (χ0) is 21.0. The Bertz CT molecular complexity index is 1030. The first-order chi connectivity index (χ1) is 13.8. The number of para-hydroxylation sites is 3. The summed E-state index contributed by atoms with van der Waals surface area (Å²) < 4.78 is 5.29. The lowest BCUT2D eigenvalue weighted by Crippen LogP contribution is -2.17. The number of carbonyl (C=O) groups excluding carboxylic acids is 1. The second-order valence-electron chi connectivity index (χ2n) is 7.79. The maximum atomic E-state index is 12.8. The SMILES string of the molecule is COc1ccccc1NC(=O)c1cc(C)nc(Nc2ccccc2C(C)(C)C)n1. The molecule has 0 aliphatic carbocycles. The average molecular weight is 390 g/mol. The molecule has 0 unspecified atom stereocenters. The van der Waals surface area contributed by atoms with E-state index in [0.717, 1.165) is 11.3 Å². The zero-order valence-electron chi connectivity index (χ0n) is 17.4. The fraction of sp³-hybridized carbons (Fsp3) is 0.261. The van der Waals surface area contributed by atoms with Gasteiger partial charge in [0.25, 0.3) is 5.91 Å². The highest BCUT2D eigenvalue weighted by Crippen LogP contribution is 2.30. The Morgan fingerprint density at radius 1 is 0.966 bits per heavy atom. The molecule has 0 aliphatic rings. The number of anilines is 3. The minimum absolute atomic E-state index is 0.0442. The van der Waals surface area contributed by atoms with E-state index < -0.39 is 0 Å². The number of nitrogens with one attached hydrogen (secondary N) is 2. The quantitative estimate of drug-likeness (QED) is 0.635. The first-order valence-electron chi connectivity index (χ1n) is 9.44. The number of hydrogen-bond acceptors (Lipinski definition) is 5. The van der Waals surface area contributed by atoms with Crippen LogP contribution < -0.4 is 15.4 Å². The molecule has 0 saturated carbocycles. The van der Waals surface area contributed by atoms with Crippen molar-refractivity contribution in [3.63, 3.8) is 0 Å². The van der Waals surface area contributed by atoms with Gasteiger partial charge < -0.3 is 15.4 Å². The molecule has 2 aromatic carbocycles. The Hall–Kier alpha value is -3.41. The smallest absolute Gasteiger partial charge is 0.274 e. The average Bonchev–Trinajstić information content (AvgIpc) is 2.67. The molecule has 1 heterocycles. The number of benzene rings is 2. The number of nitrogens with zero attached hydrogens (tertiary/aromatic N) is 2. The Morgan fingerprint density at radius 2 is 1.62 bits per heavy atom. The van der Waals surface area contributed by atoms with Crippen LogP contribution in [0.2, 0.25) is 0 Å². The molecule has 29 heavy (non-hydrogen) atoms. The standard InChI is InChI=1S/C23H26N4O2/c1-15-14-19(21(28)25-18-12-8-9-13-20(18)29-5)27-22(24-15)26-17-11-7-6-10-16(17)23(2,3)4/h6-14H,1-5H3,(H,25,28)(H,24,26,27). The number of amides is 1. The van der Waals surface area contributed by atoms with Crippen LogP contribution in [0.15, 0.2) is 54.6 Å². The molecular weight excluding hydrogens is 364 g/mol. The number of carbonyl (C=O) groups is 1. The number of aromatic nitrogens is 2. The first-order valence-corrected chi connectivity index (χ1v) is 9.44. The van der Waals surface area contributed by atoms with Crippen LogP contribution in [0.4, 0.5) is 17.3 Å².